The van der Waals surface area contributed by atoms with Crippen molar-refractivity contribution in [1.82, 2.24) is 25.5 Å². The Bertz CT molecular complexity index is 1190. The third kappa shape index (κ3) is 8.10. The molecule has 4 rings (SSSR count). The van der Waals surface area contributed by atoms with Crippen LogP contribution in [-0.2, 0) is 4.79 Å². The molecule has 2 N–H and O–H groups in total. The van der Waals surface area contributed by atoms with Crippen LogP contribution in [0, 0.1) is 0 Å². The molecule has 0 aliphatic carbocycles. The van der Waals surface area contributed by atoms with Crippen LogP contribution in [0.2, 0.25) is 5.15 Å². The van der Waals surface area contributed by atoms with E-state index in [0.29, 0.717) is 48.9 Å². The number of carbonyl (C=O) groups excluding carboxylic acids is 2. The Kier molecular flexibility index (Phi) is 10.4. The Balaban J connectivity index is 1.30. The lowest BCUT2D eigenvalue weighted by atomic mass is 9.88. The molecule has 3 aromatic rings. The number of benzene rings is 2. The largest absolute Gasteiger partial charge is 0.355 e. The Morgan fingerprint density at radius 2 is 1.69 bits per heavy atom. The Morgan fingerprint density at radius 3 is 2.31 bits per heavy atom. The first-order valence-electron chi connectivity index (χ1n) is 13.3. The van der Waals surface area contributed by atoms with Crippen molar-refractivity contribution in [3.05, 3.63) is 83.0 Å². The molecule has 8 nitrogen and oxygen atoms in total. The molecule has 1 fully saturated rings. The second-order valence-electron chi connectivity index (χ2n) is 9.46. The average Bonchev–Trinajstić information content (AvgIpc) is 2.95. The van der Waals surface area contributed by atoms with E-state index in [1.165, 1.54) is 22.9 Å². The average molecular weight is 567 g/mol. The summed E-state index contributed by atoms with van der Waals surface area (Å²) in [5.41, 5.74) is 2.46. The summed E-state index contributed by atoms with van der Waals surface area (Å²) in [7, 11) is 0. The van der Waals surface area contributed by atoms with E-state index in [-0.39, 0.29) is 29.7 Å². The minimum Gasteiger partial charge on any atom is -0.355 e. The summed E-state index contributed by atoms with van der Waals surface area (Å²) in [6.45, 7) is 6.96. The van der Waals surface area contributed by atoms with E-state index in [4.69, 9.17) is 11.6 Å². The van der Waals surface area contributed by atoms with Crippen molar-refractivity contribution in [2.24, 2.45) is 0 Å². The molecule has 206 valence electrons. The quantitative estimate of drug-likeness (QED) is 0.208. The van der Waals surface area contributed by atoms with Gasteiger partial charge in [0.15, 0.2) is 5.16 Å². The lowest BCUT2D eigenvalue weighted by molar-refractivity contribution is -0.118. The molecule has 10 heteroatoms. The van der Waals surface area contributed by atoms with Crippen molar-refractivity contribution >= 4 is 41.1 Å². The fourth-order valence-electron chi connectivity index (χ4n) is 4.77. The Hall–Kier alpha value is -3.30. The zero-order chi connectivity index (χ0) is 27.6. The molecule has 0 bridgehead atoms. The maximum atomic E-state index is 12.7. The highest BCUT2D eigenvalue weighted by atomic mass is 35.5. The fourth-order valence-corrected chi connectivity index (χ4v) is 5.68. The topological polar surface area (TPSA) is 90.5 Å². The van der Waals surface area contributed by atoms with Gasteiger partial charge in [0, 0.05) is 50.7 Å². The van der Waals surface area contributed by atoms with Gasteiger partial charge in [-0.15, -0.1) is 0 Å². The van der Waals surface area contributed by atoms with Crippen LogP contribution >= 0.6 is 23.4 Å². The first-order chi connectivity index (χ1) is 18.9. The van der Waals surface area contributed by atoms with Gasteiger partial charge < -0.3 is 20.4 Å². The number of thioether (sulfide) groups is 1. The van der Waals surface area contributed by atoms with Crippen LogP contribution < -0.4 is 15.5 Å². The van der Waals surface area contributed by atoms with Crippen LogP contribution in [0.1, 0.15) is 37.3 Å². The highest BCUT2D eigenvalue weighted by Crippen LogP contribution is 2.28. The first kappa shape index (κ1) is 28.7. The summed E-state index contributed by atoms with van der Waals surface area (Å²) in [6.07, 6.45) is 0.794. The number of hydrogen-bond donors (Lipinski definition) is 2. The van der Waals surface area contributed by atoms with Gasteiger partial charge in [-0.25, -0.2) is 14.8 Å². The molecular weight excluding hydrogens is 532 g/mol. The third-order valence-corrected chi connectivity index (χ3v) is 7.73. The van der Waals surface area contributed by atoms with Crippen molar-refractivity contribution in [3.8, 4) is 0 Å². The van der Waals surface area contributed by atoms with Crippen LogP contribution in [0.4, 0.5) is 10.6 Å². The number of aromatic nitrogens is 2. The van der Waals surface area contributed by atoms with Crippen molar-refractivity contribution in [1.29, 1.82) is 0 Å². The molecule has 1 unspecified atom stereocenters. The number of rotatable bonds is 10. The summed E-state index contributed by atoms with van der Waals surface area (Å²) < 4.78 is 0. The summed E-state index contributed by atoms with van der Waals surface area (Å²) in [5, 5.41) is 6.69. The minimum atomic E-state index is -0.0748. The summed E-state index contributed by atoms with van der Waals surface area (Å²) in [4.78, 5) is 37.8. The fraction of sp³-hybridized carbons (Fsp3) is 0.379. The maximum absolute atomic E-state index is 12.7. The minimum absolute atomic E-state index is 0.0246. The van der Waals surface area contributed by atoms with Gasteiger partial charge in [0.05, 0.1) is 5.75 Å². The van der Waals surface area contributed by atoms with Crippen LogP contribution in [0.25, 0.3) is 0 Å². The second-order valence-corrected chi connectivity index (χ2v) is 10.8. The predicted octanol–water partition coefficient (Wildman–Crippen LogP) is 4.80. The van der Waals surface area contributed by atoms with Crippen LogP contribution in [-0.4, -0.2) is 71.3 Å². The smallest absolute Gasteiger partial charge is 0.317 e. The van der Waals surface area contributed by atoms with Gasteiger partial charge in [0.25, 0.3) is 0 Å². The lowest BCUT2D eigenvalue weighted by Gasteiger charge is -2.40. The summed E-state index contributed by atoms with van der Waals surface area (Å²) in [6, 6.07) is 22.4. The number of anilines is 1. The highest BCUT2D eigenvalue weighted by Gasteiger charge is 2.28. The van der Waals surface area contributed by atoms with E-state index in [1.807, 2.05) is 55.1 Å². The molecule has 1 aliphatic rings. The summed E-state index contributed by atoms with van der Waals surface area (Å²) in [5.74, 6) is 1.03. The zero-order valence-corrected chi connectivity index (χ0v) is 23.9. The first-order valence-corrected chi connectivity index (χ1v) is 14.6. The van der Waals surface area contributed by atoms with E-state index in [9.17, 15) is 9.59 Å². The Morgan fingerprint density at radius 1 is 1.03 bits per heavy atom. The molecule has 1 aliphatic heterocycles. The summed E-state index contributed by atoms with van der Waals surface area (Å²) >= 11 is 7.58. The molecule has 3 amide bonds. The van der Waals surface area contributed by atoms with Gasteiger partial charge >= 0.3 is 6.03 Å². The number of carbonyl (C=O) groups is 2. The van der Waals surface area contributed by atoms with Crippen molar-refractivity contribution in [2.45, 2.75) is 37.4 Å². The molecule has 39 heavy (non-hydrogen) atoms. The third-order valence-electron chi connectivity index (χ3n) is 6.69. The van der Waals surface area contributed by atoms with Gasteiger partial charge in [0.1, 0.15) is 11.0 Å². The van der Waals surface area contributed by atoms with E-state index < -0.39 is 0 Å². The number of nitrogens with zero attached hydrogens (tertiary/aromatic N) is 4. The van der Waals surface area contributed by atoms with Crippen molar-refractivity contribution in [2.75, 3.05) is 43.4 Å². The second kappa shape index (κ2) is 14.2. The predicted molar refractivity (Wildman–Crippen MR) is 158 cm³/mol. The molecule has 0 saturated carbocycles. The van der Waals surface area contributed by atoms with Crippen molar-refractivity contribution in [3.63, 3.8) is 0 Å². The molecule has 0 radical (unpaired) electrons. The molecular formula is C29H35ClN6O2S. The maximum Gasteiger partial charge on any atom is 0.317 e. The molecule has 2 aromatic carbocycles. The molecule has 0 spiro atoms. The van der Waals surface area contributed by atoms with E-state index in [0.717, 1.165) is 6.42 Å². The molecule has 2 heterocycles. The van der Waals surface area contributed by atoms with Gasteiger partial charge in [-0.2, -0.15) is 0 Å². The van der Waals surface area contributed by atoms with Gasteiger partial charge in [0.2, 0.25) is 5.91 Å². The van der Waals surface area contributed by atoms with Crippen molar-refractivity contribution < 1.29 is 9.59 Å². The van der Waals surface area contributed by atoms with E-state index in [2.05, 4.69) is 49.8 Å². The SMILES string of the molecule is CCNC(=O)N1CCN(c2cc(Cl)nc(SCC(=O)NCCC(c3ccccc3)c3ccccc3)n2)CC1C. The number of halogens is 1. The van der Waals surface area contributed by atoms with E-state index >= 15 is 0 Å². The number of piperazine rings is 1. The van der Waals surface area contributed by atoms with Crippen LogP contribution in [0.3, 0.4) is 0 Å². The van der Waals surface area contributed by atoms with Crippen LogP contribution in [0.15, 0.2) is 71.9 Å². The molecule has 1 saturated heterocycles. The Labute approximate surface area is 239 Å². The number of amides is 3. The molecule has 1 atom stereocenters. The van der Waals surface area contributed by atoms with Gasteiger partial charge in [-0.1, -0.05) is 84.0 Å². The van der Waals surface area contributed by atoms with E-state index in [1.54, 1.807) is 6.07 Å². The molecule has 1 aromatic heterocycles. The van der Waals surface area contributed by atoms with Gasteiger partial charge in [-0.05, 0) is 31.4 Å². The standard InChI is InChI=1S/C29H35ClN6O2S/c1-3-31-29(38)36-17-16-35(19-21(36)2)26-18-25(30)33-28(34-26)39-20-27(37)32-15-14-24(22-10-6-4-7-11-22)23-12-8-5-9-13-23/h4-13,18,21,24H,3,14-17,19-20H2,1-2H3,(H,31,38)(H,32,37). The monoisotopic (exact) mass is 566 g/mol. The lowest BCUT2D eigenvalue weighted by Crippen LogP contribution is -2.56. The number of urea groups is 1. The highest BCUT2D eigenvalue weighted by molar-refractivity contribution is 7.99. The van der Waals surface area contributed by atoms with Crippen LogP contribution in [0.5, 0.6) is 0 Å². The van der Waals surface area contributed by atoms with Gasteiger partial charge in [-0.3, -0.25) is 4.79 Å². The number of hydrogen-bond acceptors (Lipinski definition) is 6. The normalized spacial score (nSPS) is 15.3. The zero-order valence-electron chi connectivity index (χ0n) is 22.3. The number of nitrogens with one attached hydrogen (secondary N) is 2.